The number of aromatic hydroxyl groups is 2. The molecule has 604 valence electrons. The van der Waals surface area contributed by atoms with Crippen LogP contribution in [0.2, 0.25) is 0 Å². The Morgan fingerprint density at radius 3 is 1.09 bits per heavy atom. The first kappa shape index (κ1) is 95.2. The van der Waals surface area contributed by atoms with Gasteiger partial charge in [-0.15, -0.1) is 0 Å². The number of rotatable bonds is 45. The molecule has 0 spiro atoms. The van der Waals surface area contributed by atoms with Crippen molar-refractivity contribution < 1.29 is 121 Å². The lowest BCUT2D eigenvalue weighted by molar-refractivity contribution is -0.192. The smallest absolute Gasteiger partial charge is 0.490 e. The molecule has 2 aromatic rings. The number of carbonyl (C=O) groups excluding carboxylic acids is 11. The molecule has 13 atom stereocenters. The van der Waals surface area contributed by atoms with Gasteiger partial charge in [0.15, 0.2) is 11.9 Å². The summed E-state index contributed by atoms with van der Waals surface area (Å²) in [6.45, 7) is 6.43. The number of nitrogens with zero attached hydrogens (tertiary/aromatic N) is 2. The third-order valence-electron chi connectivity index (χ3n) is 15.2. The number of aliphatic hydroxyl groups excluding tert-OH is 3. The van der Waals surface area contributed by atoms with Crippen LogP contribution in [-0.2, 0) is 80.0 Å². The van der Waals surface area contributed by atoms with Crippen molar-refractivity contribution in [1.82, 2.24) is 58.5 Å². The number of halogens is 3. The second-order valence-corrected chi connectivity index (χ2v) is 25.6. The van der Waals surface area contributed by atoms with Gasteiger partial charge in [-0.1, -0.05) is 52.0 Å². The molecule has 0 aliphatic heterocycles. The molecule has 0 aromatic heterocycles. The van der Waals surface area contributed by atoms with Crippen LogP contribution in [0.25, 0.3) is 0 Å². The van der Waals surface area contributed by atoms with Crippen LogP contribution in [0.5, 0.6) is 11.5 Å². The van der Waals surface area contributed by atoms with Gasteiger partial charge in [-0.2, -0.15) is 25.8 Å². The number of thiol groups is 1. The first-order valence-electron chi connectivity index (χ1n) is 33.4. The van der Waals surface area contributed by atoms with E-state index in [9.17, 15) is 111 Å². The number of nitrogens with one attached hydrogen (secondary N) is 11. The number of guanidine groups is 2. The van der Waals surface area contributed by atoms with E-state index in [1.165, 1.54) is 55.5 Å². The van der Waals surface area contributed by atoms with Crippen LogP contribution in [-0.4, -0.2) is 252 Å². The second kappa shape index (κ2) is 47.6. The normalized spacial score (nSPS) is 14.7. The molecule has 0 fully saturated rings. The van der Waals surface area contributed by atoms with Gasteiger partial charge < -0.3 is 128 Å². The fourth-order valence-corrected chi connectivity index (χ4v) is 9.67. The minimum atomic E-state index is -5.08. The summed E-state index contributed by atoms with van der Waals surface area (Å²) in [7, 11) is 0. The Labute approximate surface area is 622 Å². The number of alkyl halides is 3. The standard InChI is InChI=1S/C62H98N18O20S.C2HF3O2/c1-29(2)23-40(53(92)72-39(19-20-46(86)87)52(91)78-45(28-101)60(99)100)73-54(93)41(24-33-11-15-35(84)16-12-33)74-50(89)37(9-7-21-68-61(64)65)70-56(95)43(26-81)76-51(90)38(10-8-22-69-62(66)67)71-57(96)44(27-82)77-55(94)42(25-34-13-17-36(85)18-14-34)75-59(98)48(32(6)83)80-58(97)47(30(3)4)79-49(88)31(5)63;3-2(4,5)1(6)7/h11-18,29-32,37-45,47-48,81-85,101H,7-10,19-28,63H2,1-6H3,(H,70,95)(H,71,96)(H,72,92)(H,73,93)(H,74,89)(H,75,98)(H,76,90)(H,77,94)(H,78,91)(H,79,88)(H,80,97)(H,86,87)(H,99,100)(H4,64,65,68)(H4,66,67,69);(H,6,7)/t31-,32+,37-,38-,39-,40-,41-,42-,43-,44-,45-,47-,48-;/m0./s1. The predicted octanol–water partition coefficient (Wildman–Crippen LogP) is -6.75. The summed E-state index contributed by atoms with van der Waals surface area (Å²) >= 11 is 3.93. The van der Waals surface area contributed by atoms with Gasteiger partial charge in [-0.25, -0.2) is 9.59 Å². The molecule has 11 amide bonds. The fourth-order valence-electron chi connectivity index (χ4n) is 9.42. The number of aliphatic hydroxyl groups is 3. The summed E-state index contributed by atoms with van der Waals surface area (Å²) in [6, 6.07) is -8.70. The van der Waals surface area contributed by atoms with E-state index >= 15 is 0 Å². The van der Waals surface area contributed by atoms with Crippen LogP contribution < -0.4 is 87.2 Å². The molecule has 0 aliphatic rings. The molecule has 2 aromatic carbocycles. The first-order chi connectivity index (χ1) is 50.3. The topological polar surface area (TPSA) is 688 Å². The summed E-state index contributed by atoms with van der Waals surface area (Å²) in [5, 5.41) is 104. The molecule has 44 heteroatoms. The zero-order valence-electron chi connectivity index (χ0n) is 59.8. The molecule has 0 bridgehead atoms. The molecule has 108 heavy (non-hydrogen) atoms. The minimum absolute atomic E-state index is 0.0526. The van der Waals surface area contributed by atoms with E-state index in [-0.39, 0.29) is 93.1 Å². The van der Waals surface area contributed by atoms with Gasteiger partial charge >= 0.3 is 24.1 Å². The zero-order chi connectivity index (χ0) is 82.5. The van der Waals surface area contributed by atoms with Crippen LogP contribution in [0.4, 0.5) is 13.2 Å². The maximum atomic E-state index is 14.6. The van der Waals surface area contributed by atoms with Crippen molar-refractivity contribution in [2.75, 3.05) is 32.1 Å². The quantitative estimate of drug-likeness (QED) is 0.0127. The summed E-state index contributed by atoms with van der Waals surface area (Å²) < 4.78 is 31.7. The van der Waals surface area contributed by atoms with Crippen LogP contribution in [0.15, 0.2) is 58.5 Å². The number of hydrogen-bond acceptors (Lipinski definition) is 23. The lowest BCUT2D eigenvalue weighted by atomic mass is 10.00. The number of benzene rings is 2. The van der Waals surface area contributed by atoms with E-state index in [2.05, 4.69) is 81.1 Å². The van der Waals surface area contributed by atoms with Crippen molar-refractivity contribution in [2.24, 2.45) is 50.5 Å². The summed E-state index contributed by atoms with van der Waals surface area (Å²) in [5.41, 5.74) is 28.4. The molecule has 0 saturated carbocycles. The Hall–Kier alpha value is -10.9. The number of carboxylic acids is 3. The lowest BCUT2D eigenvalue weighted by Crippen LogP contribution is -2.63. The highest BCUT2D eigenvalue weighted by molar-refractivity contribution is 7.80. The Kier molecular flexibility index (Phi) is 42.0. The van der Waals surface area contributed by atoms with Gasteiger partial charge in [0, 0.05) is 38.1 Å². The molecule has 2 rings (SSSR count). The van der Waals surface area contributed by atoms with E-state index in [1.807, 2.05) is 0 Å². The number of carboxylic acid groups (broad SMARTS) is 3. The molecule has 0 aliphatic carbocycles. The van der Waals surface area contributed by atoms with Gasteiger partial charge in [0.05, 0.1) is 25.4 Å². The fraction of sp³-hybridized carbons (Fsp3) is 0.562. The lowest BCUT2D eigenvalue weighted by Gasteiger charge is -2.29. The van der Waals surface area contributed by atoms with Crippen molar-refractivity contribution in [3.05, 3.63) is 59.7 Å². The number of phenols is 2. The third kappa shape index (κ3) is 36.4. The first-order valence-corrected chi connectivity index (χ1v) is 34.0. The maximum Gasteiger partial charge on any atom is 0.490 e. The van der Waals surface area contributed by atoms with Gasteiger partial charge in [0.2, 0.25) is 65.0 Å². The monoisotopic (exact) mass is 1560 g/mol. The van der Waals surface area contributed by atoms with Gasteiger partial charge in [0.25, 0.3) is 0 Å². The van der Waals surface area contributed by atoms with Crippen LogP contribution in [0, 0.1) is 11.8 Å². The van der Waals surface area contributed by atoms with Crippen LogP contribution in [0.1, 0.15) is 97.6 Å². The average Bonchev–Trinajstić information content (AvgIpc) is 0.851. The highest BCUT2D eigenvalue weighted by Gasteiger charge is 2.40. The summed E-state index contributed by atoms with van der Waals surface area (Å²) in [6.07, 6.45) is -9.55. The van der Waals surface area contributed by atoms with E-state index in [0.29, 0.717) is 11.1 Å². The van der Waals surface area contributed by atoms with Gasteiger partial charge in [0.1, 0.15) is 78.0 Å². The molecular formula is C64H99F3N18O22S. The Balaban J connectivity index is 0.00000790. The Bertz CT molecular complexity index is 3420. The molecule has 0 radical (unpaired) electrons. The van der Waals surface area contributed by atoms with Crippen molar-refractivity contribution in [1.29, 1.82) is 0 Å². The van der Waals surface area contributed by atoms with Gasteiger partial charge in [-0.3, -0.25) is 67.5 Å². The van der Waals surface area contributed by atoms with Crippen molar-refractivity contribution in [3.63, 3.8) is 0 Å². The third-order valence-corrected chi connectivity index (χ3v) is 15.6. The van der Waals surface area contributed by atoms with E-state index in [0.717, 1.165) is 6.92 Å². The second-order valence-electron chi connectivity index (χ2n) is 25.2. The Morgan fingerprint density at radius 2 is 0.769 bits per heavy atom. The molecule has 0 unspecified atom stereocenters. The summed E-state index contributed by atoms with van der Waals surface area (Å²) in [5.74, 6) is -19.7. The number of aliphatic imine (C=N–C) groups is 2. The largest absolute Gasteiger partial charge is 0.508 e. The maximum absolute atomic E-state index is 14.6. The number of aliphatic carboxylic acids is 3. The number of carbonyl (C=O) groups is 14. The number of amides is 11. The highest BCUT2D eigenvalue weighted by Crippen LogP contribution is 2.17. The molecule has 0 saturated heterocycles. The minimum Gasteiger partial charge on any atom is -0.508 e. The Morgan fingerprint density at radius 1 is 0.454 bits per heavy atom. The molecule has 29 N–H and O–H groups in total. The average molecular weight is 1560 g/mol. The molecule has 0 heterocycles. The highest BCUT2D eigenvalue weighted by atomic mass is 32.1. The van der Waals surface area contributed by atoms with Crippen LogP contribution in [0.3, 0.4) is 0 Å². The molecule has 40 nitrogen and oxygen atoms in total. The summed E-state index contributed by atoms with van der Waals surface area (Å²) in [4.78, 5) is 193. The van der Waals surface area contributed by atoms with E-state index < -0.39 is 200 Å². The predicted molar refractivity (Wildman–Crippen MR) is 381 cm³/mol. The van der Waals surface area contributed by atoms with E-state index in [4.69, 9.17) is 38.6 Å². The SMILES string of the molecule is CC(C)C[C@H](NC(=O)[C@H](Cc1ccc(O)cc1)NC(=O)[C@H](CCCN=C(N)N)NC(=O)[C@H](CO)NC(=O)[C@H](CCCN=C(N)N)NC(=O)[C@H](CO)NC(=O)[C@H](Cc1ccc(O)cc1)NC(=O)[C@@H](NC(=O)[C@@H](NC(=O)[C@H](C)N)C(C)C)[C@@H](C)O)C(=O)N[C@@H](CCC(=O)O)C(=O)N[C@@H](CS)C(=O)O.O=C(O)C(F)(F)F. The van der Waals surface area contributed by atoms with Crippen LogP contribution >= 0.6 is 12.6 Å². The van der Waals surface area contributed by atoms with Crippen molar-refractivity contribution in [2.45, 2.75) is 184 Å². The van der Waals surface area contributed by atoms with Crippen molar-refractivity contribution in [3.8, 4) is 11.5 Å². The number of hydrogen-bond donors (Lipinski definition) is 25. The zero-order valence-corrected chi connectivity index (χ0v) is 60.7. The van der Waals surface area contributed by atoms with Gasteiger partial charge in [-0.05, 0) is 99.6 Å². The van der Waals surface area contributed by atoms with E-state index in [1.54, 1.807) is 27.7 Å². The number of phenolic OH excluding ortho intramolecular Hbond substituents is 2. The molecular weight excluding hydrogens is 1460 g/mol. The number of nitrogens with two attached hydrogens (primary N) is 5. The van der Waals surface area contributed by atoms with Crippen molar-refractivity contribution >= 4 is 107 Å².